The van der Waals surface area contributed by atoms with Crippen molar-refractivity contribution in [1.29, 1.82) is 0 Å². The molecular formula is C10H20Hg2O6. The summed E-state index contributed by atoms with van der Waals surface area (Å²) >= 11 is 1.67. The molecule has 0 aliphatic rings. The van der Waals surface area contributed by atoms with Crippen LogP contribution in [-0.4, -0.2) is 48.6 Å². The average Bonchev–Trinajstić information content (AvgIpc) is 2.24. The number of carboxylic acid groups (broad SMARTS) is 2. The molecule has 0 radical (unpaired) electrons. The second-order valence-corrected chi connectivity index (χ2v) is 7.65. The first-order chi connectivity index (χ1) is 8.26. The van der Waals surface area contributed by atoms with Crippen molar-refractivity contribution in [2.45, 2.75) is 33.9 Å². The Balaban J connectivity index is -0.000000233. The van der Waals surface area contributed by atoms with Crippen LogP contribution in [0.5, 0.6) is 0 Å². The molecular weight excluding hydrogens is 617 g/mol. The van der Waals surface area contributed by atoms with E-state index in [2.05, 4.69) is 0 Å². The number of carboxylic acids is 2. The summed E-state index contributed by atoms with van der Waals surface area (Å²) in [5, 5.41) is 14.8. The molecule has 0 aromatic rings. The molecule has 0 bridgehead atoms. The topological polar surface area (TPSA) is 93.1 Å². The Hall–Kier alpha value is 0.730. The Bertz CT molecular complexity index is 175. The van der Waals surface area contributed by atoms with E-state index < -0.39 is 11.9 Å². The fourth-order valence-electron chi connectivity index (χ4n) is 0.911. The Morgan fingerprint density at radius 1 is 0.944 bits per heavy atom. The van der Waals surface area contributed by atoms with Crippen molar-refractivity contribution >= 4 is 11.9 Å². The van der Waals surface area contributed by atoms with Crippen LogP contribution in [0.25, 0.3) is 0 Å². The molecule has 2 atom stereocenters. The number of aliphatic carboxylic acids is 2. The summed E-state index contributed by atoms with van der Waals surface area (Å²) in [7, 11) is 3.57. The van der Waals surface area contributed by atoms with Crippen LogP contribution < -0.4 is 0 Å². The summed E-state index contributed by atoms with van der Waals surface area (Å²) in [4.78, 5) is 18.0. The van der Waals surface area contributed by atoms with Gasteiger partial charge < -0.3 is 10.2 Å². The van der Waals surface area contributed by atoms with Gasteiger partial charge in [0.1, 0.15) is 0 Å². The molecule has 0 amide bonds. The fraction of sp³-hybridized carbons (Fsp3) is 0.800. The molecule has 0 saturated carbocycles. The summed E-state index contributed by atoms with van der Waals surface area (Å²) in [5.74, 6) is -1.67. The van der Waals surface area contributed by atoms with E-state index >= 15 is 0 Å². The predicted octanol–water partition coefficient (Wildman–Crippen LogP) is 1.13. The van der Waals surface area contributed by atoms with Gasteiger partial charge >= 0.3 is 96.0 Å². The van der Waals surface area contributed by atoms with Gasteiger partial charge in [0, 0.05) is 13.8 Å². The third kappa shape index (κ3) is 25.5. The van der Waals surface area contributed by atoms with Gasteiger partial charge in [-0.1, -0.05) is 0 Å². The molecule has 0 spiro atoms. The zero-order chi connectivity index (χ0) is 15.1. The molecule has 0 fully saturated rings. The summed E-state index contributed by atoms with van der Waals surface area (Å²) in [5.41, 5.74) is 0. The van der Waals surface area contributed by atoms with Crippen molar-refractivity contribution in [2.75, 3.05) is 14.2 Å². The standard InChI is InChI=1S/C6H12O2.2C2H4O2.2Hg/c1-5(7-3)6(2)8-4;2*1-2(3)4;;/h5-6H,1-2H2,3-4H3;2*1H3,(H,3,4);;. The van der Waals surface area contributed by atoms with Crippen LogP contribution >= 0.6 is 0 Å². The molecule has 0 aromatic heterocycles. The molecule has 0 rings (SSSR count). The number of rotatable bonds is 5. The van der Waals surface area contributed by atoms with E-state index in [4.69, 9.17) is 29.3 Å². The second-order valence-electron chi connectivity index (χ2n) is 3.16. The van der Waals surface area contributed by atoms with Crippen LogP contribution in [0.3, 0.4) is 0 Å². The normalized spacial score (nSPS) is 12.2. The Morgan fingerprint density at radius 2 is 1.11 bits per heavy atom. The second kappa shape index (κ2) is 17.7. The van der Waals surface area contributed by atoms with E-state index in [9.17, 15) is 0 Å². The third-order valence-corrected chi connectivity index (χ3v) is 6.01. The average molecular weight is 637 g/mol. The zero-order valence-corrected chi connectivity index (χ0v) is 22.5. The number of methoxy groups -OCH3 is 2. The van der Waals surface area contributed by atoms with Gasteiger partial charge in [-0.05, 0) is 0 Å². The van der Waals surface area contributed by atoms with Crippen LogP contribution in [0, 0.1) is 0 Å². The van der Waals surface area contributed by atoms with Crippen molar-refractivity contribution in [1.82, 2.24) is 0 Å². The number of hydrogen-bond donors (Lipinski definition) is 2. The SMILES string of the molecule is CC(=O)O.CC(=O)O.COC([CH2][Hg])C([CH2][Hg])OC. The third-order valence-electron chi connectivity index (χ3n) is 1.59. The van der Waals surface area contributed by atoms with Crippen molar-refractivity contribution in [3.8, 4) is 0 Å². The van der Waals surface area contributed by atoms with Crippen molar-refractivity contribution in [2.24, 2.45) is 0 Å². The van der Waals surface area contributed by atoms with Gasteiger partial charge in [-0.25, -0.2) is 0 Å². The van der Waals surface area contributed by atoms with Gasteiger partial charge in [0.15, 0.2) is 0 Å². The number of hydrogen-bond acceptors (Lipinski definition) is 4. The van der Waals surface area contributed by atoms with Crippen LogP contribution in [0.1, 0.15) is 13.8 Å². The molecule has 0 heterocycles. The molecule has 0 aromatic carbocycles. The maximum atomic E-state index is 9.00. The molecule has 18 heavy (non-hydrogen) atoms. The van der Waals surface area contributed by atoms with E-state index in [1.807, 2.05) is 0 Å². The van der Waals surface area contributed by atoms with Gasteiger partial charge in [0.25, 0.3) is 11.9 Å². The Kier molecular flexibility index (Phi) is 23.4. The fourth-order valence-corrected chi connectivity index (χ4v) is 5.63. The summed E-state index contributed by atoms with van der Waals surface area (Å²) in [6.45, 7) is 2.17. The Morgan fingerprint density at radius 3 is 1.17 bits per heavy atom. The van der Waals surface area contributed by atoms with E-state index in [0.717, 1.165) is 66.1 Å². The van der Waals surface area contributed by atoms with Crippen molar-refractivity contribution < 1.29 is 81.5 Å². The van der Waals surface area contributed by atoms with Gasteiger partial charge in [0.05, 0.1) is 0 Å². The van der Waals surface area contributed by atoms with Gasteiger partial charge in [-0.15, -0.1) is 0 Å². The maximum absolute atomic E-state index is 9.00. The van der Waals surface area contributed by atoms with Gasteiger partial charge in [0.2, 0.25) is 0 Å². The first kappa shape index (κ1) is 23.8. The minimum atomic E-state index is -0.833. The van der Waals surface area contributed by atoms with Crippen molar-refractivity contribution in [3.05, 3.63) is 0 Å². The molecule has 8 heteroatoms. The molecule has 2 unspecified atom stereocenters. The monoisotopic (exact) mass is 640 g/mol. The molecule has 100 valence electrons. The zero-order valence-electron chi connectivity index (χ0n) is 11.5. The van der Waals surface area contributed by atoms with Gasteiger partial charge in [-0.2, -0.15) is 0 Å². The first-order valence-electron chi connectivity index (χ1n) is 5.29. The summed E-state index contributed by atoms with van der Waals surface area (Å²) in [6, 6.07) is 0. The number of carbonyl (C=O) groups is 2. The summed E-state index contributed by atoms with van der Waals surface area (Å²) < 4.78 is 13.1. The Labute approximate surface area is 140 Å². The van der Waals surface area contributed by atoms with Crippen molar-refractivity contribution in [3.63, 3.8) is 0 Å². The van der Waals surface area contributed by atoms with E-state index in [0.29, 0.717) is 12.2 Å². The predicted molar refractivity (Wildman–Crippen MR) is 57.8 cm³/mol. The van der Waals surface area contributed by atoms with E-state index in [1.165, 1.54) is 7.86 Å². The van der Waals surface area contributed by atoms with E-state index in [1.54, 1.807) is 14.2 Å². The van der Waals surface area contributed by atoms with Crippen LogP contribution in [0.2, 0.25) is 7.86 Å². The van der Waals surface area contributed by atoms with E-state index in [-0.39, 0.29) is 0 Å². The quantitative estimate of drug-likeness (QED) is 0.440. The van der Waals surface area contributed by atoms with Gasteiger partial charge in [-0.3, -0.25) is 9.59 Å². The van der Waals surface area contributed by atoms with Crippen LogP contribution in [0.15, 0.2) is 0 Å². The first-order valence-corrected chi connectivity index (χ1v) is 13.1. The molecule has 0 aliphatic heterocycles. The minimum absolute atomic E-state index is 0.394. The number of ether oxygens (including phenoxy) is 2. The van der Waals surface area contributed by atoms with Crippen LogP contribution in [-0.2, 0) is 71.3 Å². The molecule has 2 N–H and O–H groups in total. The van der Waals surface area contributed by atoms with Crippen LogP contribution in [0.4, 0.5) is 0 Å². The molecule has 0 aliphatic carbocycles. The molecule has 6 nitrogen and oxygen atoms in total. The molecule has 0 saturated heterocycles. The summed E-state index contributed by atoms with van der Waals surface area (Å²) in [6.07, 6.45) is 0.789.